The van der Waals surface area contributed by atoms with Crippen molar-refractivity contribution < 1.29 is 9.53 Å². The van der Waals surface area contributed by atoms with Crippen LogP contribution >= 0.6 is 0 Å². The van der Waals surface area contributed by atoms with Gasteiger partial charge in [0.25, 0.3) is 0 Å². The third kappa shape index (κ3) is 2.10. The summed E-state index contributed by atoms with van der Waals surface area (Å²) < 4.78 is 6.05. The van der Waals surface area contributed by atoms with Crippen molar-refractivity contribution in [2.24, 2.45) is 5.92 Å². The second kappa shape index (κ2) is 4.23. The highest BCUT2D eigenvalue weighted by atomic mass is 16.5. The average Bonchev–Trinajstić information content (AvgIpc) is 3.09. The van der Waals surface area contributed by atoms with Crippen LogP contribution in [0.1, 0.15) is 19.3 Å². The maximum Gasteiger partial charge on any atom is 0.241 e. The quantitative estimate of drug-likeness (QED) is 0.880. The Morgan fingerprint density at radius 1 is 1.32 bits per heavy atom. The standard InChI is InChI=1S/C15H18N2O2/c18-15-13-7-11(9-17(13)8-10-5-6-10)19-14-4-2-1-3-12(14)16-15/h1-4,10-11,13H,5-9H2,(H,16,18)/t11-,13-/m0/s1. The van der Waals surface area contributed by atoms with Gasteiger partial charge in [0.2, 0.25) is 5.91 Å². The first kappa shape index (κ1) is 11.3. The van der Waals surface area contributed by atoms with Crippen LogP contribution < -0.4 is 10.1 Å². The summed E-state index contributed by atoms with van der Waals surface area (Å²) in [6.45, 7) is 1.93. The van der Waals surface area contributed by atoms with Gasteiger partial charge in [-0.1, -0.05) is 12.1 Å². The van der Waals surface area contributed by atoms with Gasteiger partial charge in [-0.15, -0.1) is 0 Å². The van der Waals surface area contributed by atoms with Gasteiger partial charge in [0.05, 0.1) is 11.7 Å². The summed E-state index contributed by atoms with van der Waals surface area (Å²) in [7, 11) is 0. The number of likely N-dealkylation sites (tertiary alicyclic amines) is 1. The monoisotopic (exact) mass is 258 g/mol. The first-order valence-electron chi connectivity index (χ1n) is 7.10. The van der Waals surface area contributed by atoms with Crippen LogP contribution in [0.3, 0.4) is 0 Å². The summed E-state index contributed by atoms with van der Waals surface area (Å²) >= 11 is 0. The Bertz CT molecular complexity index is 513. The summed E-state index contributed by atoms with van der Waals surface area (Å²) in [6.07, 6.45) is 3.59. The summed E-state index contributed by atoms with van der Waals surface area (Å²) in [4.78, 5) is 14.7. The molecule has 3 aliphatic rings. The van der Waals surface area contributed by atoms with E-state index in [-0.39, 0.29) is 18.1 Å². The van der Waals surface area contributed by atoms with E-state index in [1.807, 2.05) is 24.3 Å². The second-order valence-corrected chi connectivity index (χ2v) is 5.87. The molecule has 2 heterocycles. The van der Waals surface area contributed by atoms with Crippen molar-refractivity contribution in [2.45, 2.75) is 31.4 Å². The highest BCUT2D eigenvalue weighted by Gasteiger charge is 2.41. The number of hydrogen-bond acceptors (Lipinski definition) is 3. The zero-order valence-electron chi connectivity index (χ0n) is 10.8. The summed E-state index contributed by atoms with van der Waals surface area (Å²) in [5, 5.41) is 3.01. The predicted molar refractivity (Wildman–Crippen MR) is 72.2 cm³/mol. The van der Waals surface area contributed by atoms with Gasteiger partial charge in [0, 0.05) is 19.5 Å². The minimum Gasteiger partial charge on any atom is -0.487 e. The van der Waals surface area contributed by atoms with Crippen LogP contribution in [0.2, 0.25) is 0 Å². The highest BCUT2D eigenvalue weighted by molar-refractivity contribution is 5.96. The first-order chi connectivity index (χ1) is 9.29. The Labute approximate surface area is 112 Å². The van der Waals surface area contributed by atoms with E-state index < -0.39 is 0 Å². The molecule has 4 rings (SSSR count). The second-order valence-electron chi connectivity index (χ2n) is 5.87. The Morgan fingerprint density at radius 2 is 2.16 bits per heavy atom. The molecule has 2 bridgehead atoms. The molecule has 4 nitrogen and oxygen atoms in total. The average molecular weight is 258 g/mol. The molecule has 1 N–H and O–H groups in total. The lowest BCUT2D eigenvalue weighted by molar-refractivity contribution is -0.120. The number of rotatable bonds is 2. The predicted octanol–water partition coefficient (Wildman–Crippen LogP) is 1.87. The van der Waals surface area contributed by atoms with Crippen molar-refractivity contribution in [3.63, 3.8) is 0 Å². The molecule has 100 valence electrons. The van der Waals surface area contributed by atoms with E-state index >= 15 is 0 Å². The lowest BCUT2D eigenvalue weighted by Crippen LogP contribution is -2.40. The van der Waals surface area contributed by atoms with E-state index in [1.165, 1.54) is 12.8 Å². The third-order valence-corrected chi connectivity index (χ3v) is 4.30. The SMILES string of the molecule is O=C1Nc2ccccc2O[C@H]2C[C@@H]1N(CC1CC1)C2. The Hall–Kier alpha value is -1.55. The van der Waals surface area contributed by atoms with Crippen LogP contribution in [0.15, 0.2) is 24.3 Å². The van der Waals surface area contributed by atoms with Crippen molar-refractivity contribution in [1.29, 1.82) is 0 Å². The zero-order chi connectivity index (χ0) is 12.8. The molecule has 1 saturated heterocycles. The number of hydrogen-bond donors (Lipinski definition) is 1. The van der Waals surface area contributed by atoms with Gasteiger partial charge < -0.3 is 10.1 Å². The van der Waals surface area contributed by atoms with Gasteiger partial charge in [-0.05, 0) is 30.9 Å². The van der Waals surface area contributed by atoms with Gasteiger partial charge in [0.15, 0.2) is 0 Å². The van der Waals surface area contributed by atoms with Gasteiger partial charge in [0.1, 0.15) is 11.9 Å². The minimum atomic E-state index is -0.0149. The molecule has 0 unspecified atom stereocenters. The number of fused-ring (bicyclic) bond motifs is 3. The number of benzene rings is 1. The molecule has 19 heavy (non-hydrogen) atoms. The molecule has 2 aliphatic heterocycles. The maximum absolute atomic E-state index is 12.4. The molecule has 1 aliphatic carbocycles. The van der Waals surface area contributed by atoms with Crippen molar-refractivity contribution in [3.8, 4) is 5.75 Å². The number of carbonyl (C=O) groups is 1. The number of carbonyl (C=O) groups excluding carboxylic acids is 1. The van der Waals surface area contributed by atoms with Gasteiger partial charge in [-0.3, -0.25) is 9.69 Å². The summed E-state index contributed by atoms with van der Waals surface area (Å²) in [6, 6.07) is 7.69. The lowest BCUT2D eigenvalue weighted by atomic mass is 10.1. The van der Waals surface area contributed by atoms with Gasteiger partial charge in [-0.25, -0.2) is 0 Å². The van der Waals surface area contributed by atoms with Crippen LogP contribution in [0.4, 0.5) is 5.69 Å². The van der Waals surface area contributed by atoms with Crippen LogP contribution in [0.25, 0.3) is 0 Å². The normalized spacial score (nSPS) is 30.0. The number of para-hydroxylation sites is 2. The smallest absolute Gasteiger partial charge is 0.241 e. The molecule has 0 spiro atoms. The largest absolute Gasteiger partial charge is 0.487 e. The van der Waals surface area contributed by atoms with Crippen LogP contribution in [0, 0.1) is 5.92 Å². The van der Waals surface area contributed by atoms with Crippen LogP contribution in [-0.2, 0) is 4.79 Å². The van der Waals surface area contributed by atoms with Gasteiger partial charge >= 0.3 is 0 Å². The summed E-state index contributed by atoms with van der Waals surface area (Å²) in [5.41, 5.74) is 0.801. The molecule has 1 aromatic rings. The molecule has 0 radical (unpaired) electrons. The Kier molecular flexibility index (Phi) is 2.52. The fourth-order valence-electron chi connectivity index (χ4n) is 3.12. The number of nitrogens with one attached hydrogen (secondary N) is 1. The molecule has 2 atom stereocenters. The highest BCUT2D eigenvalue weighted by Crippen LogP contribution is 2.36. The zero-order valence-corrected chi connectivity index (χ0v) is 10.8. The fraction of sp³-hybridized carbons (Fsp3) is 0.533. The van der Waals surface area contributed by atoms with E-state index in [9.17, 15) is 4.79 Å². The third-order valence-electron chi connectivity index (χ3n) is 4.30. The Balaban J connectivity index is 1.61. The number of amides is 1. The maximum atomic E-state index is 12.4. The molecule has 1 saturated carbocycles. The molecule has 0 aromatic heterocycles. The Morgan fingerprint density at radius 3 is 3.00 bits per heavy atom. The number of anilines is 1. The fourth-order valence-corrected chi connectivity index (χ4v) is 3.12. The molecule has 1 aromatic carbocycles. The van der Waals surface area contributed by atoms with E-state index in [4.69, 9.17) is 4.74 Å². The minimum absolute atomic E-state index is 0.0149. The topological polar surface area (TPSA) is 41.6 Å². The molecule has 1 amide bonds. The van der Waals surface area contributed by atoms with E-state index in [0.29, 0.717) is 0 Å². The molecular formula is C15H18N2O2. The number of nitrogens with zero attached hydrogens (tertiary/aromatic N) is 1. The van der Waals surface area contributed by atoms with Crippen LogP contribution in [0.5, 0.6) is 5.75 Å². The van der Waals surface area contributed by atoms with Gasteiger partial charge in [-0.2, -0.15) is 0 Å². The van der Waals surface area contributed by atoms with E-state index in [2.05, 4.69) is 10.2 Å². The first-order valence-corrected chi connectivity index (χ1v) is 7.10. The number of ether oxygens (including phenoxy) is 1. The van der Waals surface area contributed by atoms with Crippen molar-refractivity contribution in [1.82, 2.24) is 4.90 Å². The molecule has 2 fully saturated rings. The lowest BCUT2D eigenvalue weighted by Gasteiger charge is -2.23. The van der Waals surface area contributed by atoms with Crippen molar-refractivity contribution in [3.05, 3.63) is 24.3 Å². The summed E-state index contributed by atoms with van der Waals surface area (Å²) in [5.74, 6) is 1.73. The van der Waals surface area contributed by atoms with Crippen molar-refractivity contribution >= 4 is 11.6 Å². The van der Waals surface area contributed by atoms with E-state index in [1.54, 1.807) is 0 Å². The molecule has 4 heteroatoms. The molecular weight excluding hydrogens is 240 g/mol. The van der Waals surface area contributed by atoms with Crippen LogP contribution in [-0.4, -0.2) is 36.0 Å². The van der Waals surface area contributed by atoms with E-state index in [0.717, 1.165) is 36.9 Å². The van der Waals surface area contributed by atoms with Crippen molar-refractivity contribution in [2.75, 3.05) is 18.4 Å².